The molecule has 5 nitrogen and oxygen atoms in total. The van der Waals surface area contributed by atoms with Gasteiger partial charge in [0, 0.05) is 10.6 Å². The van der Waals surface area contributed by atoms with Gasteiger partial charge in [0.2, 0.25) is 25.8 Å². The van der Waals surface area contributed by atoms with Crippen LogP contribution in [0.3, 0.4) is 0 Å². The Morgan fingerprint density at radius 2 is 1.77 bits per heavy atom. The van der Waals surface area contributed by atoms with E-state index in [9.17, 15) is 13.2 Å². The first-order valence-electron chi connectivity index (χ1n) is 8.71. The molecule has 9 heteroatoms. The second kappa shape index (κ2) is 8.77. The molecule has 152 valence electrons. The molecule has 30 heavy (non-hydrogen) atoms. The minimum Gasteiger partial charge on any atom is -0.428 e. The van der Waals surface area contributed by atoms with Gasteiger partial charge in [0.15, 0.2) is 5.78 Å². The van der Waals surface area contributed by atoms with Crippen LogP contribution in [0.4, 0.5) is 0 Å². The Hall–Kier alpha value is -2.39. The molecule has 4 rings (SSSR count). The number of ketones is 1. The van der Waals surface area contributed by atoms with E-state index in [2.05, 4.69) is 4.98 Å². The van der Waals surface area contributed by atoms with Crippen molar-refractivity contribution in [1.29, 1.82) is 0 Å². The number of hydrogen-bond donors (Lipinski definition) is 0. The third-order valence-electron chi connectivity index (χ3n) is 4.11. The Kier molecular flexibility index (Phi) is 6.10. The number of benzene rings is 2. The third kappa shape index (κ3) is 4.37. The summed E-state index contributed by atoms with van der Waals surface area (Å²) in [6.07, 6.45) is 0. The standard InChI is InChI=1S/C21H14ClNO4S3/c22-15-8-10-16(11-9-15)30(25,26)20-21(27-19(23-20)18-7-4-12-28-18)29-13-17(24)14-5-2-1-3-6-14/h1-12H,13H2. The molecule has 2 heterocycles. The molecule has 0 fully saturated rings. The summed E-state index contributed by atoms with van der Waals surface area (Å²) in [5.41, 5.74) is 0.546. The van der Waals surface area contributed by atoms with Gasteiger partial charge in [-0.15, -0.1) is 11.3 Å². The first-order chi connectivity index (χ1) is 14.4. The molecule has 0 aliphatic rings. The highest BCUT2D eigenvalue weighted by molar-refractivity contribution is 8.00. The third-order valence-corrected chi connectivity index (χ3v) is 7.97. The summed E-state index contributed by atoms with van der Waals surface area (Å²) in [4.78, 5) is 17.5. The molecule has 0 unspecified atom stereocenters. The average Bonchev–Trinajstić information content (AvgIpc) is 3.43. The van der Waals surface area contributed by atoms with E-state index < -0.39 is 9.84 Å². The van der Waals surface area contributed by atoms with Crippen molar-refractivity contribution in [1.82, 2.24) is 4.98 Å². The maximum atomic E-state index is 13.2. The lowest BCUT2D eigenvalue weighted by atomic mass is 10.2. The summed E-state index contributed by atoms with van der Waals surface area (Å²) >= 11 is 8.28. The molecule has 0 aliphatic carbocycles. The lowest BCUT2D eigenvalue weighted by Crippen LogP contribution is -2.05. The second-order valence-corrected chi connectivity index (χ2v) is 10.3. The van der Waals surface area contributed by atoms with Gasteiger partial charge in [-0.1, -0.05) is 59.8 Å². The van der Waals surface area contributed by atoms with Crippen LogP contribution in [0.25, 0.3) is 10.8 Å². The van der Waals surface area contributed by atoms with Gasteiger partial charge >= 0.3 is 0 Å². The number of aromatic nitrogens is 1. The van der Waals surface area contributed by atoms with Crippen molar-refractivity contribution < 1.29 is 17.6 Å². The smallest absolute Gasteiger partial charge is 0.238 e. The molecule has 0 saturated heterocycles. The van der Waals surface area contributed by atoms with Gasteiger partial charge in [0.25, 0.3) is 0 Å². The highest BCUT2D eigenvalue weighted by Gasteiger charge is 2.29. The minimum atomic E-state index is -3.96. The predicted molar refractivity (Wildman–Crippen MR) is 118 cm³/mol. The zero-order valence-corrected chi connectivity index (χ0v) is 18.5. The van der Waals surface area contributed by atoms with E-state index in [0.717, 1.165) is 11.8 Å². The molecule has 0 N–H and O–H groups in total. The number of oxazole rings is 1. The Morgan fingerprint density at radius 3 is 2.43 bits per heavy atom. The van der Waals surface area contributed by atoms with Crippen LogP contribution in [0, 0.1) is 0 Å². The number of thioether (sulfide) groups is 1. The summed E-state index contributed by atoms with van der Waals surface area (Å²) in [7, 11) is -3.96. The lowest BCUT2D eigenvalue weighted by molar-refractivity contribution is 0.102. The van der Waals surface area contributed by atoms with Crippen LogP contribution in [0.1, 0.15) is 10.4 Å². The lowest BCUT2D eigenvalue weighted by Gasteiger charge is -2.04. The second-order valence-electron chi connectivity index (χ2n) is 6.12. The van der Waals surface area contributed by atoms with Crippen LogP contribution in [-0.4, -0.2) is 24.9 Å². The number of hydrogen-bond acceptors (Lipinski definition) is 7. The predicted octanol–water partition coefficient (Wildman–Crippen LogP) is 5.86. The summed E-state index contributed by atoms with van der Waals surface area (Å²) < 4.78 is 32.2. The summed E-state index contributed by atoms with van der Waals surface area (Å²) in [5.74, 6) is 0.0865. The van der Waals surface area contributed by atoms with E-state index in [1.54, 1.807) is 30.3 Å². The van der Waals surface area contributed by atoms with Crippen molar-refractivity contribution in [2.24, 2.45) is 0 Å². The van der Waals surface area contributed by atoms with Gasteiger partial charge in [-0.05, 0) is 35.7 Å². The molecule has 0 aliphatic heterocycles. The number of thiophene rings is 1. The fourth-order valence-electron chi connectivity index (χ4n) is 2.62. The van der Waals surface area contributed by atoms with Crippen LogP contribution in [0.2, 0.25) is 5.02 Å². The van der Waals surface area contributed by atoms with Gasteiger partial charge in [-0.2, -0.15) is 4.98 Å². The Labute approximate surface area is 186 Å². The number of sulfone groups is 1. The van der Waals surface area contributed by atoms with E-state index in [4.69, 9.17) is 16.0 Å². The van der Waals surface area contributed by atoms with Crippen molar-refractivity contribution in [3.05, 3.63) is 82.7 Å². The van der Waals surface area contributed by atoms with Crippen LogP contribution in [-0.2, 0) is 9.84 Å². The minimum absolute atomic E-state index is 0.0201. The quantitative estimate of drug-likeness (QED) is 0.246. The van der Waals surface area contributed by atoms with Crippen molar-refractivity contribution >= 4 is 50.3 Å². The number of carbonyl (C=O) groups excluding carboxylic acids is 1. The SMILES string of the molecule is O=C(CSc1oc(-c2cccs2)nc1S(=O)(=O)c1ccc(Cl)cc1)c1ccccc1. The first-order valence-corrected chi connectivity index (χ1v) is 12.4. The summed E-state index contributed by atoms with van der Waals surface area (Å²) in [5, 5.41) is 2.15. The molecule has 2 aromatic heterocycles. The van der Waals surface area contributed by atoms with E-state index >= 15 is 0 Å². The van der Waals surface area contributed by atoms with Crippen LogP contribution in [0.5, 0.6) is 0 Å². The molecular formula is C21H14ClNO4S3. The van der Waals surface area contributed by atoms with Gasteiger partial charge in [-0.3, -0.25) is 4.79 Å². The molecule has 0 atom stereocenters. The van der Waals surface area contributed by atoms with E-state index in [1.807, 2.05) is 17.5 Å². The molecule has 0 bridgehead atoms. The van der Waals surface area contributed by atoms with Crippen molar-refractivity contribution in [3.8, 4) is 10.8 Å². The van der Waals surface area contributed by atoms with E-state index in [0.29, 0.717) is 15.5 Å². The maximum absolute atomic E-state index is 13.2. The molecule has 0 radical (unpaired) electrons. The first kappa shape index (κ1) is 20.9. The van der Waals surface area contributed by atoms with Gasteiger partial charge in [0.1, 0.15) is 0 Å². The van der Waals surface area contributed by atoms with Gasteiger partial charge in [-0.25, -0.2) is 8.42 Å². The normalized spacial score (nSPS) is 11.5. The Morgan fingerprint density at radius 1 is 1.03 bits per heavy atom. The molecule has 0 amide bonds. The number of nitrogens with zero attached hydrogens (tertiary/aromatic N) is 1. The van der Waals surface area contributed by atoms with E-state index in [1.165, 1.54) is 35.6 Å². The van der Waals surface area contributed by atoms with Crippen LogP contribution < -0.4 is 0 Å². The Balaban J connectivity index is 1.70. The molecular weight excluding hydrogens is 462 g/mol. The average molecular weight is 476 g/mol. The molecule has 4 aromatic rings. The fraction of sp³-hybridized carbons (Fsp3) is 0.0476. The van der Waals surface area contributed by atoms with Gasteiger partial charge < -0.3 is 4.42 Å². The zero-order valence-electron chi connectivity index (χ0n) is 15.3. The topological polar surface area (TPSA) is 77.2 Å². The van der Waals surface area contributed by atoms with Crippen LogP contribution >= 0.6 is 34.7 Å². The number of rotatable bonds is 7. The van der Waals surface area contributed by atoms with Crippen molar-refractivity contribution in [2.75, 3.05) is 5.75 Å². The maximum Gasteiger partial charge on any atom is 0.238 e. The number of Topliss-reactive ketones (excluding diaryl/α,β-unsaturated/α-hetero) is 1. The largest absolute Gasteiger partial charge is 0.428 e. The van der Waals surface area contributed by atoms with Gasteiger partial charge in [0.05, 0.1) is 15.5 Å². The number of halogens is 1. The molecule has 0 saturated carbocycles. The van der Waals surface area contributed by atoms with Crippen LogP contribution in [0.15, 0.2) is 91.5 Å². The molecule has 2 aromatic carbocycles. The fourth-order valence-corrected chi connectivity index (χ4v) is 5.82. The molecule has 0 spiro atoms. The highest BCUT2D eigenvalue weighted by Crippen LogP contribution is 2.36. The summed E-state index contributed by atoms with van der Waals surface area (Å²) in [6.45, 7) is 0. The Bertz CT molecular complexity index is 1270. The highest BCUT2D eigenvalue weighted by atomic mass is 35.5. The van der Waals surface area contributed by atoms with E-state index in [-0.39, 0.29) is 32.4 Å². The van der Waals surface area contributed by atoms with Crippen molar-refractivity contribution in [2.45, 2.75) is 15.0 Å². The van der Waals surface area contributed by atoms with Crippen molar-refractivity contribution in [3.63, 3.8) is 0 Å². The number of carbonyl (C=O) groups is 1. The zero-order chi connectivity index (χ0) is 21.1. The monoisotopic (exact) mass is 475 g/mol. The summed E-state index contributed by atoms with van der Waals surface area (Å²) in [6, 6.07) is 18.3.